The fourth-order valence-electron chi connectivity index (χ4n) is 2.44. The number of aromatic nitrogens is 1. The van der Waals surface area contributed by atoms with E-state index >= 15 is 0 Å². The van der Waals surface area contributed by atoms with E-state index in [1.54, 1.807) is 6.20 Å². The normalized spacial score (nSPS) is 24.8. The van der Waals surface area contributed by atoms with Crippen molar-refractivity contribution in [3.05, 3.63) is 24.0 Å². The Labute approximate surface area is 114 Å². The molecule has 98 valence electrons. The van der Waals surface area contributed by atoms with Crippen molar-refractivity contribution in [2.45, 2.75) is 19.4 Å². The summed E-state index contributed by atoms with van der Waals surface area (Å²) in [5.41, 5.74) is 7.32. The molecule has 4 nitrogen and oxygen atoms in total. The molecular formula is C13H20N4S. The highest BCUT2D eigenvalue weighted by Gasteiger charge is 2.23. The highest BCUT2D eigenvalue weighted by atomic mass is 32.1. The molecular weight excluding hydrogens is 244 g/mol. The Kier molecular flexibility index (Phi) is 4.14. The molecule has 0 spiro atoms. The van der Waals surface area contributed by atoms with Crippen LogP contribution in [0.3, 0.4) is 0 Å². The fourth-order valence-corrected chi connectivity index (χ4v) is 2.55. The van der Waals surface area contributed by atoms with Crippen molar-refractivity contribution in [2.75, 3.05) is 25.5 Å². The summed E-state index contributed by atoms with van der Waals surface area (Å²) in [5, 5.41) is 3.56. The molecule has 5 heteroatoms. The zero-order chi connectivity index (χ0) is 13.1. The van der Waals surface area contributed by atoms with Gasteiger partial charge in [-0.05, 0) is 38.1 Å². The summed E-state index contributed by atoms with van der Waals surface area (Å²) in [6, 6.07) is 4.39. The van der Waals surface area contributed by atoms with E-state index in [0.717, 1.165) is 25.2 Å². The van der Waals surface area contributed by atoms with E-state index in [1.165, 1.54) is 0 Å². The van der Waals surface area contributed by atoms with Crippen molar-refractivity contribution in [3.8, 4) is 0 Å². The molecule has 3 N–H and O–H groups in total. The molecule has 1 saturated heterocycles. The van der Waals surface area contributed by atoms with Gasteiger partial charge in [-0.3, -0.25) is 4.98 Å². The topological polar surface area (TPSA) is 54.2 Å². The predicted octanol–water partition coefficient (Wildman–Crippen LogP) is 1.47. The van der Waals surface area contributed by atoms with Gasteiger partial charge in [0.05, 0.1) is 5.69 Å². The highest BCUT2D eigenvalue weighted by Crippen LogP contribution is 2.20. The van der Waals surface area contributed by atoms with Gasteiger partial charge in [-0.15, -0.1) is 0 Å². The zero-order valence-electron chi connectivity index (χ0n) is 10.9. The predicted molar refractivity (Wildman–Crippen MR) is 78.8 cm³/mol. The summed E-state index contributed by atoms with van der Waals surface area (Å²) in [5.74, 6) is 0.630. The van der Waals surface area contributed by atoms with E-state index in [2.05, 4.69) is 29.2 Å². The molecule has 0 aromatic carbocycles. The van der Waals surface area contributed by atoms with E-state index in [4.69, 9.17) is 18.0 Å². The zero-order valence-corrected chi connectivity index (χ0v) is 11.7. The smallest absolute Gasteiger partial charge is 0.122 e. The van der Waals surface area contributed by atoms with Crippen LogP contribution in [0.4, 0.5) is 5.69 Å². The molecule has 1 aliphatic rings. The molecule has 2 atom stereocenters. The van der Waals surface area contributed by atoms with Crippen molar-refractivity contribution < 1.29 is 0 Å². The standard InChI is InChI=1S/C13H20N4S/c1-9-8-17(2)6-4-11(9)16-10-3-5-15-12(7-10)13(14)18/h3,5,7,9,11H,4,6,8H2,1-2H3,(H2,14,18)(H,15,16). The van der Waals surface area contributed by atoms with Gasteiger partial charge in [-0.2, -0.15) is 0 Å². The van der Waals surface area contributed by atoms with Crippen LogP contribution in [0.5, 0.6) is 0 Å². The minimum atomic E-state index is 0.343. The first-order chi connectivity index (χ1) is 8.56. The van der Waals surface area contributed by atoms with Gasteiger partial charge < -0.3 is 16.0 Å². The van der Waals surface area contributed by atoms with Crippen molar-refractivity contribution >= 4 is 22.9 Å². The number of rotatable bonds is 3. The number of thiocarbonyl (C=S) groups is 1. The lowest BCUT2D eigenvalue weighted by Gasteiger charge is -2.35. The first-order valence-corrected chi connectivity index (χ1v) is 6.68. The van der Waals surface area contributed by atoms with Crippen LogP contribution in [0.1, 0.15) is 19.0 Å². The molecule has 0 amide bonds. The molecule has 2 rings (SSSR count). The second-order valence-corrected chi connectivity index (χ2v) is 5.51. The number of anilines is 1. The van der Waals surface area contributed by atoms with Gasteiger partial charge in [-0.25, -0.2) is 0 Å². The van der Waals surface area contributed by atoms with Gasteiger partial charge in [-0.1, -0.05) is 19.1 Å². The average Bonchev–Trinajstić information content (AvgIpc) is 2.33. The number of nitrogens with one attached hydrogen (secondary N) is 1. The van der Waals surface area contributed by atoms with Gasteiger partial charge in [0, 0.05) is 24.5 Å². The van der Waals surface area contributed by atoms with Gasteiger partial charge in [0.25, 0.3) is 0 Å². The molecule has 2 heterocycles. The molecule has 1 aromatic heterocycles. The summed E-state index contributed by atoms with van der Waals surface area (Å²) in [6.45, 7) is 4.54. The molecule has 0 aliphatic carbocycles. The maximum absolute atomic E-state index is 5.60. The molecule has 18 heavy (non-hydrogen) atoms. The number of piperidine rings is 1. The second kappa shape index (κ2) is 5.63. The first kappa shape index (κ1) is 13.2. The molecule has 0 bridgehead atoms. The fraction of sp³-hybridized carbons (Fsp3) is 0.538. The summed E-state index contributed by atoms with van der Waals surface area (Å²) < 4.78 is 0. The second-order valence-electron chi connectivity index (χ2n) is 5.07. The van der Waals surface area contributed by atoms with Crippen LogP contribution in [-0.4, -0.2) is 41.1 Å². The Balaban J connectivity index is 2.05. The Bertz CT molecular complexity index is 435. The van der Waals surface area contributed by atoms with Gasteiger partial charge in [0.1, 0.15) is 4.99 Å². The third-order valence-electron chi connectivity index (χ3n) is 3.47. The van der Waals surface area contributed by atoms with Gasteiger partial charge in [0.2, 0.25) is 0 Å². The van der Waals surface area contributed by atoms with Crippen molar-refractivity contribution in [1.82, 2.24) is 9.88 Å². The maximum Gasteiger partial charge on any atom is 0.122 e. The van der Waals surface area contributed by atoms with Gasteiger partial charge >= 0.3 is 0 Å². The van der Waals surface area contributed by atoms with Crippen LogP contribution in [-0.2, 0) is 0 Å². The van der Waals surface area contributed by atoms with Crippen LogP contribution in [0.25, 0.3) is 0 Å². The van der Waals surface area contributed by atoms with E-state index in [0.29, 0.717) is 22.6 Å². The van der Waals surface area contributed by atoms with E-state index in [-0.39, 0.29) is 0 Å². The van der Waals surface area contributed by atoms with E-state index < -0.39 is 0 Å². The number of hydrogen-bond donors (Lipinski definition) is 2. The van der Waals surface area contributed by atoms with Gasteiger partial charge in [0.15, 0.2) is 0 Å². The molecule has 1 aliphatic heterocycles. The number of pyridine rings is 1. The van der Waals surface area contributed by atoms with Crippen LogP contribution >= 0.6 is 12.2 Å². The maximum atomic E-state index is 5.60. The lowest BCUT2D eigenvalue weighted by Crippen LogP contribution is -2.43. The number of likely N-dealkylation sites (tertiary alicyclic amines) is 1. The largest absolute Gasteiger partial charge is 0.388 e. The van der Waals surface area contributed by atoms with E-state index in [9.17, 15) is 0 Å². The summed E-state index contributed by atoms with van der Waals surface area (Å²) in [7, 11) is 2.17. The van der Waals surface area contributed by atoms with Crippen molar-refractivity contribution in [3.63, 3.8) is 0 Å². The Morgan fingerprint density at radius 1 is 1.61 bits per heavy atom. The minimum Gasteiger partial charge on any atom is -0.388 e. The summed E-state index contributed by atoms with van der Waals surface area (Å²) in [4.78, 5) is 6.86. The molecule has 0 saturated carbocycles. The SMILES string of the molecule is CC1CN(C)CCC1Nc1ccnc(C(N)=S)c1. The highest BCUT2D eigenvalue weighted by molar-refractivity contribution is 7.80. The summed E-state index contributed by atoms with van der Waals surface area (Å²) in [6.07, 6.45) is 2.90. The lowest BCUT2D eigenvalue weighted by atomic mass is 9.94. The third kappa shape index (κ3) is 3.17. The third-order valence-corrected chi connectivity index (χ3v) is 3.68. The number of nitrogens with two attached hydrogens (primary N) is 1. The quantitative estimate of drug-likeness (QED) is 0.810. The Morgan fingerprint density at radius 3 is 3.06 bits per heavy atom. The van der Waals surface area contributed by atoms with Crippen LogP contribution in [0.15, 0.2) is 18.3 Å². The number of nitrogens with zero attached hydrogens (tertiary/aromatic N) is 2. The van der Waals surface area contributed by atoms with E-state index in [1.807, 2.05) is 12.1 Å². The van der Waals surface area contributed by atoms with Crippen molar-refractivity contribution in [1.29, 1.82) is 0 Å². The number of hydrogen-bond acceptors (Lipinski definition) is 4. The Hall–Kier alpha value is -1.20. The molecule has 0 radical (unpaired) electrons. The lowest BCUT2D eigenvalue weighted by molar-refractivity contribution is 0.206. The van der Waals surface area contributed by atoms with Crippen LogP contribution in [0.2, 0.25) is 0 Å². The molecule has 1 aromatic rings. The molecule has 2 unspecified atom stereocenters. The average molecular weight is 264 g/mol. The molecule has 1 fully saturated rings. The minimum absolute atomic E-state index is 0.343. The Morgan fingerprint density at radius 2 is 2.39 bits per heavy atom. The van der Waals surface area contributed by atoms with Crippen molar-refractivity contribution in [2.24, 2.45) is 11.7 Å². The summed E-state index contributed by atoms with van der Waals surface area (Å²) >= 11 is 4.95. The monoisotopic (exact) mass is 264 g/mol. The van der Waals surface area contributed by atoms with Crippen LogP contribution in [0, 0.1) is 5.92 Å². The first-order valence-electron chi connectivity index (χ1n) is 6.27. The van der Waals surface area contributed by atoms with Crippen LogP contribution < -0.4 is 11.1 Å².